The molecule has 9 heteroatoms. The zero-order chi connectivity index (χ0) is 23.5. The van der Waals surface area contributed by atoms with Crippen molar-refractivity contribution in [3.63, 3.8) is 0 Å². The maximum Gasteiger partial charge on any atom is 0.276 e. The van der Waals surface area contributed by atoms with Gasteiger partial charge in [0.1, 0.15) is 6.10 Å². The molecule has 178 valence electrons. The summed E-state index contributed by atoms with van der Waals surface area (Å²) in [6.07, 6.45) is 2.07. The number of ether oxygens (including phenoxy) is 1. The Morgan fingerprint density at radius 1 is 1.18 bits per heavy atom. The normalized spacial score (nSPS) is 18.5. The molecule has 5 rings (SSSR count). The van der Waals surface area contributed by atoms with Gasteiger partial charge in [-0.15, -0.1) is 16.4 Å². The van der Waals surface area contributed by atoms with Gasteiger partial charge in [0.25, 0.3) is 5.91 Å². The van der Waals surface area contributed by atoms with Crippen molar-refractivity contribution in [1.29, 1.82) is 0 Å². The molecular formula is C25H29N5O3S. The quantitative estimate of drug-likeness (QED) is 0.587. The largest absolute Gasteiger partial charge is 0.365 e. The monoisotopic (exact) mass is 479 g/mol. The molecule has 2 aliphatic rings. The van der Waals surface area contributed by atoms with Crippen LogP contribution in [0.25, 0.3) is 0 Å². The van der Waals surface area contributed by atoms with E-state index < -0.39 is 0 Å². The lowest BCUT2D eigenvalue weighted by Gasteiger charge is -2.31. The van der Waals surface area contributed by atoms with Gasteiger partial charge < -0.3 is 15.0 Å². The lowest BCUT2D eigenvalue weighted by Crippen LogP contribution is -2.43. The summed E-state index contributed by atoms with van der Waals surface area (Å²) in [5.74, 6) is -0.101. The number of carbonyl (C=O) groups excluding carboxylic acids is 2. The van der Waals surface area contributed by atoms with Crippen LogP contribution in [0.4, 0.5) is 0 Å². The Bertz CT molecular complexity index is 1130. The van der Waals surface area contributed by atoms with Crippen molar-refractivity contribution in [3.05, 3.63) is 69.2 Å². The van der Waals surface area contributed by atoms with Gasteiger partial charge in [0.05, 0.1) is 18.8 Å². The van der Waals surface area contributed by atoms with Crippen LogP contribution in [0, 0.1) is 12.8 Å². The highest BCUT2D eigenvalue weighted by molar-refractivity contribution is 7.09. The van der Waals surface area contributed by atoms with Gasteiger partial charge in [-0.1, -0.05) is 41.1 Å². The highest BCUT2D eigenvalue weighted by atomic mass is 32.1. The smallest absolute Gasteiger partial charge is 0.276 e. The minimum absolute atomic E-state index is 0.0555. The maximum absolute atomic E-state index is 13.2. The van der Waals surface area contributed by atoms with Crippen molar-refractivity contribution >= 4 is 23.2 Å². The van der Waals surface area contributed by atoms with Gasteiger partial charge in [0.15, 0.2) is 5.69 Å². The molecule has 8 nitrogen and oxygen atoms in total. The average Bonchev–Trinajstić information content (AvgIpc) is 3.54. The zero-order valence-electron chi connectivity index (χ0n) is 19.3. The molecule has 0 spiro atoms. The summed E-state index contributed by atoms with van der Waals surface area (Å²) in [4.78, 5) is 28.7. The van der Waals surface area contributed by atoms with E-state index in [1.807, 2.05) is 11.4 Å². The first-order valence-corrected chi connectivity index (χ1v) is 12.7. The van der Waals surface area contributed by atoms with Gasteiger partial charge in [-0.25, -0.2) is 4.68 Å². The van der Waals surface area contributed by atoms with E-state index in [1.54, 1.807) is 20.9 Å². The highest BCUT2D eigenvalue weighted by Crippen LogP contribution is 2.28. The molecule has 1 fully saturated rings. The molecule has 0 bridgehead atoms. The summed E-state index contributed by atoms with van der Waals surface area (Å²) < 4.78 is 7.84. The molecule has 0 saturated carbocycles. The third kappa shape index (κ3) is 4.90. The summed E-state index contributed by atoms with van der Waals surface area (Å²) >= 11 is 1.70. The second-order valence-corrected chi connectivity index (χ2v) is 10.00. The summed E-state index contributed by atoms with van der Waals surface area (Å²) in [6.45, 7) is 4.62. The third-order valence-electron chi connectivity index (χ3n) is 6.65. The van der Waals surface area contributed by atoms with Crippen LogP contribution in [-0.4, -0.2) is 51.3 Å². The van der Waals surface area contributed by atoms with Crippen LogP contribution in [0.5, 0.6) is 0 Å². The Hall–Kier alpha value is -3.04. The Balaban J connectivity index is 1.14. The molecule has 0 unspecified atom stereocenters. The molecule has 2 aromatic heterocycles. The summed E-state index contributed by atoms with van der Waals surface area (Å²) in [5, 5.41) is 13.5. The van der Waals surface area contributed by atoms with Crippen molar-refractivity contribution in [1.82, 2.24) is 25.2 Å². The molecule has 1 saturated heterocycles. The number of nitrogens with zero attached hydrogens (tertiary/aromatic N) is 4. The zero-order valence-corrected chi connectivity index (χ0v) is 20.1. The number of piperidine rings is 1. The minimum Gasteiger partial charge on any atom is -0.365 e. The molecule has 1 atom stereocenters. The predicted molar refractivity (Wildman–Crippen MR) is 128 cm³/mol. The number of aryl methyl sites for hydroxylation is 1. The first-order chi connectivity index (χ1) is 16.6. The third-order valence-corrected chi connectivity index (χ3v) is 7.59. The van der Waals surface area contributed by atoms with Crippen LogP contribution < -0.4 is 5.32 Å². The maximum atomic E-state index is 13.2. The number of nitrogens with one attached hydrogen (secondary N) is 1. The fourth-order valence-corrected chi connectivity index (χ4v) is 5.27. The van der Waals surface area contributed by atoms with E-state index in [2.05, 4.69) is 52.9 Å². The van der Waals surface area contributed by atoms with Gasteiger partial charge in [-0.05, 0) is 43.2 Å². The van der Waals surface area contributed by atoms with Crippen LogP contribution in [-0.2, 0) is 29.1 Å². The number of rotatable bonds is 6. The van der Waals surface area contributed by atoms with Crippen molar-refractivity contribution in [3.8, 4) is 0 Å². The molecule has 1 N–H and O–H groups in total. The lowest BCUT2D eigenvalue weighted by molar-refractivity contribution is -0.126. The van der Waals surface area contributed by atoms with Crippen LogP contribution >= 0.6 is 11.3 Å². The SMILES string of the molecule is Cc1ccc([C@H]2Cn3nnc(C(=O)N4CCC(C(=O)NCCc5cccs5)CC4)c3CO2)cc1. The van der Waals surface area contributed by atoms with Gasteiger partial charge in [-0.3, -0.25) is 9.59 Å². The van der Waals surface area contributed by atoms with Crippen molar-refractivity contribution < 1.29 is 14.3 Å². The molecule has 2 aliphatic heterocycles. The Morgan fingerprint density at radius 3 is 2.71 bits per heavy atom. The molecule has 2 amide bonds. The van der Waals surface area contributed by atoms with Crippen LogP contribution in [0.3, 0.4) is 0 Å². The predicted octanol–water partition coefficient (Wildman–Crippen LogP) is 3.13. The number of benzene rings is 1. The van der Waals surface area contributed by atoms with Crippen LogP contribution in [0.1, 0.15) is 51.1 Å². The highest BCUT2D eigenvalue weighted by Gasteiger charge is 2.33. The molecular weight excluding hydrogens is 450 g/mol. The number of carbonyl (C=O) groups is 2. The topological polar surface area (TPSA) is 89.4 Å². The van der Waals surface area contributed by atoms with E-state index in [-0.39, 0.29) is 23.8 Å². The fraction of sp³-hybridized carbons (Fsp3) is 0.440. The lowest BCUT2D eigenvalue weighted by atomic mass is 9.95. The molecule has 34 heavy (non-hydrogen) atoms. The van der Waals surface area contributed by atoms with E-state index in [4.69, 9.17) is 4.74 Å². The van der Waals surface area contributed by atoms with E-state index in [1.165, 1.54) is 10.4 Å². The molecule has 1 aromatic carbocycles. The van der Waals surface area contributed by atoms with Gasteiger partial charge in [-0.2, -0.15) is 0 Å². The van der Waals surface area contributed by atoms with Gasteiger partial charge in [0, 0.05) is 30.4 Å². The van der Waals surface area contributed by atoms with Crippen molar-refractivity contribution in [2.24, 2.45) is 5.92 Å². The summed E-state index contributed by atoms with van der Waals surface area (Å²) in [7, 11) is 0. The number of hydrogen-bond acceptors (Lipinski definition) is 6. The van der Waals surface area contributed by atoms with Crippen molar-refractivity contribution in [2.75, 3.05) is 19.6 Å². The standard InChI is InChI=1S/C25H29N5O3S/c1-17-4-6-18(7-5-17)22-15-30-21(16-33-22)23(27-28-30)25(32)29-12-9-19(10-13-29)24(31)26-11-8-20-3-2-14-34-20/h2-7,14,19,22H,8-13,15-16H2,1H3,(H,26,31)/t22-/m1/s1. The number of likely N-dealkylation sites (tertiary alicyclic amines) is 1. The van der Waals surface area contributed by atoms with E-state index >= 15 is 0 Å². The first kappa shape index (κ1) is 22.7. The number of amides is 2. The fourth-order valence-electron chi connectivity index (χ4n) is 4.56. The molecule has 3 aromatic rings. The van der Waals surface area contributed by atoms with Crippen LogP contribution in [0.2, 0.25) is 0 Å². The number of fused-ring (bicyclic) bond motifs is 1. The molecule has 4 heterocycles. The van der Waals surface area contributed by atoms with Gasteiger partial charge in [0.2, 0.25) is 5.91 Å². The number of hydrogen-bond donors (Lipinski definition) is 1. The minimum atomic E-state index is -0.129. The van der Waals surface area contributed by atoms with Crippen LogP contribution in [0.15, 0.2) is 41.8 Å². The second-order valence-electron chi connectivity index (χ2n) is 8.96. The van der Waals surface area contributed by atoms with E-state index in [9.17, 15) is 9.59 Å². The van der Waals surface area contributed by atoms with E-state index in [0.29, 0.717) is 51.3 Å². The second kappa shape index (κ2) is 10.1. The number of thiophene rings is 1. The molecule has 0 radical (unpaired) electrons. The average molecular weight is 480 g/mol. The first-order valence-electron chi connectivity index (χ1n) is 11.8. The molecule has 0 aliphatic carbocycles. The summed E-state index contributed by atoms with van der Waals surface area (Å²) in [5.41, 5.74) is 3.38. The number of aromatic nitrogens is 3. The summed E-state index contributed by atoms with van der Waals surface area (Å²) in [6, 6.07) is 12.4. The van der Waals surface area contributed by atoms with E-state index in [0.717, 1.165) is 17.7 Å². The van der Waals surface area contributed by atoms with Crippen molar-refractivity contribution in [2.45, 2.75) is 45.4 Å². The Morgan fingerprint density at radius 2 is 1.97 bits per heavy atom. The van der Waals surface area contributed by atoms with Gasteiger partial charge >= 0.3 is 0 Å². The Labute approximate surface area is 202 Å². The Kier molecular flexibility index (Phi) is 6.73.